The molecule has 0 saturated carbocycles. The first-order chi connectivity index (χ1) is 12.0. The minimum absolute atomic E-state index is 0.134. The van der Waals surface area contributed by atoms with Gasteiger partial charge in [-0.1, -0.05) is 42.9 Å². The maximum atomic E-state index is 13.0. The van der Waals surface area contributed by atoms with Gasteiger partial charge in [-0.3, -0.25) is 14.7 Å². The number of benzene rings is 1. The number of anilines is 1. The summed E-state index contributed by atoms with van der Waals surface area (Å²) in [6.07, 6.45) is 3.44. The number of nitrogens with zero attached hydrogens (tertiary/aromatic N) is 4. The molecule has 25 heavy (non-hydrogen) atoms. The van der Waals surface area contributed by atoms with Gasteiger partial charge in [-0.15, -0.1) is 10.2 Å². The van der Waals surface area contributed by atoms with E-state index in [1.807, 2.05) is 12.1 Å². The van der Waals surface area contributed by atoms with E-state index in [1.54, 1.807) is 41.6 Å². The van der Waals surface area contributed by atoms with Crippen LogP contribution in [-0.2, 0) is 0 Å². The van der Waals surface area contributed by atoms with E-state index in [0.717, 1.165) is 10.6 Å². The number of aromatic nitrogens is 3. The smallest absolute Gasteiger partial charge is 0.260 e. The Hall–Kier alpha value is -2.31. The van der Waals surface area contributed by atoms with E-state index in [0.29, 0.717) is 22.3 Å². The lowest BCUT2D eigenvalue weighted by Gasteiger charge is -2.21. The van der Waals surface area contributed by atoms with Gasteiger partial charge in [-0.05, 0) is 36.2 Å². The Bertz CT molecular complexity index is 866. The number of carbonyl (C=O) groups excluding carboxylic acids is 1. The van der Waals surface area contributed by atoms with Gasteiger partial charge >= 0.3 is 0 Å². The van der Waals surface area contributed by atoms with Gasteiger partial charge in [0.05, 0.1) is 0 Å². The van der Waals surface area contributed by atoms with Crippen molar-refractivity contribution >= 4 is 34.0 Å². The van der Waals surface area contributed by atoms with Gasteiger partial charge in [0.25, 0.3) is 5.91 Å². The van der Waals surface area contributed by atoms with Gasteiger partial charge in [0.2, 0.25) is 5.13 Å². The van der Waals surface area contributed by atoms with Gasteiger partial charge in [0, 0.05) is 35.1 Å². The van der Waals surface area contributed by atoms with E-state index in [2.05, 4.69) is 29.0 Å². The Kier molecular flexibility index (Phi) is 5.40. The third kappa shape index (κ3) is 4.21. The molecule has 0 radical (unpaired) electrons. The van der Waals surface area contributed by atoms with Crippen LogP contribution in [0.4, 0.5) is 5.13 Å². The van der Waals surface area contributed by atoms with Crippen LogP contribution in [0.25, 0.3) is 10.6 Å². The predicted molar refractivity (Wildman–Crippen MR) is 101 cm³/mol. The van der Waals surface area contributed by atoms with E-state index < -0.39 is 0 Å². The Labute approximate surface area is 155 Å². The van der Waals surface area contributed by atoms with Gasteiger partial charge in [-0.2, -0.15) is 0 Å². The highest BCUT2D eigenvalue weighted by Crippen LogP contribution is 2.29. The van der Waals surface area contributed by atoms with Crippen molar-refractivity contribution in [1.29, 1.82) is 0 Å². The van der Waals surface area contributed by atoms with Crippen LogP contribution in [0.15, 0.2) is 48.8 Å². The molecule has 0 unspecified atom stereocenters. The van der Waals surface area contributed by atoms with Crippen molar-refractivity contribution in [1.82, 2.24) is 15.2 Å². The first-order valence-electron chi connectivity index (χ1n) is 7.86. The Balaban J connectivity index is 1.94. The van der Waals surface area contributed by atoms with Crippen molar-refractivity contribution in [3.63, 3.8) is 0 Å². The van der Waals surface area contributed by atoms with Crippen LogP contribution in [0.5, 0.6) is 0 Å². The lowest BCUT2D eigenvalue weighted by atomic mass is 10.1. The second-order valence-corrected chi connectivity index (χ2v) is 7.34. The molecule has 3 aromatic rings. The second kappa shape index (κ2) is 7.72. The van der Waals surface area contributed by atoms with E-state index in [1.165, 1.54) is 11.3 Å². The Morgan fingerprint density at radius 2 is 2.08 bits per heavy atom. The average molecular weight is 373 g/mol. The number of halogens is 1. The second-order valence-electron chi connectivity index (χ2n) is 5.95. The third-order valence-electron chi connectivity index (χ3n) is 3.42. The van der Waals surface area contributed by atoms with Crippen molar-refractivity contribution < 1.29 is 4.79 Å². The predicted octanol–water partition coefficient (Wildman–Crippen LogP) is 4.56. The quantitative estimate of drug-likeness (QED) is 0.658. The zero-order valence-corrected chi connectivity index (χ0v) is 15.5. The minimum Gasteiger partial charge on any atom is -0.282 e. The number of pyridine rings is 1. The molecule has 2 heterocycles. The fraction of sp³-hybridized carbons (Fsp3) is 0.222. The number of carbonyl (C=O) groups is 1. The molecule has 0 bridgehead atoms. The van der Waals surface area contributed by atoms with Gasteiger partial charge < -0.3 is 0 Å². The van der Waals surface area contributed by atoms with Crippen molar-refractivity contribution in [2.24, 2.45) is 5.92 Å². The SMILES string of the molecule is CC(C)CN(C(=O)c1cccc(Cl)c1)c1nnc(-c2cccnc2)s1. The van der Waals surface area contributed by atoms with Gasteiger partial charge in [-0.25, -0.2) is 0 Å². The zero-order valence-electron chi connectivity index (χ0n) is 13.9. The molecule has 0 fully saturated rings. The molecule has 0 aliphatic heterocycles. The van der Waals surface area contributed by atoms with E-state index in [4.69, 9.17) is 11.6 Å². The first kappa shape index (κ1) is 17.5. The molecule has 5 nitrogen and oxygen atoms in total. The molecule has 0 spiro atoms. The molecular formula is C18H17ClN4OS. The Morgan fingerprint density at radius 1 is 1.24 bits per heavy atom. The summed E-state index contributed by atoms with van der Waals surface area (Å²) in [5.41, 5.74) is 1.41. The molecule has 0 aliphatic rings. The van der Waals surface area contributed by atoms with Crippen LogP contribution < -0.4 is 4.90 Å². The Morgan fingerprint density at radius 3 is 2.76 bits per heavy atom. The summed E-state index contributed by atoms with van der Waals surface area (Å²) in [5, 5.41) is 10.3. The molecule has 1 amide bonds. The van der Waals surface area contributed by atoms with E-state index >= 15 is 0 Å². The van der Waals surface area contributed by atoms with Crippen LogP contribution in [0.3, 0.4) is 0 Å². The normalized spacial score (nSPS) is 10.9. The molecule has 3 rings (SSSR count). The summed E-state index contributed by atoms with van der Waals surface area (Å²) >= 11 is 7.40. The lowest BCUT2D eigenvalue weighted by molar-refractivity contribution is 0.0983. The summed E-state index contributed by atoms with van der Waals surface area (Å²) in [7, 11) is 0. The molecule has 2 aromatic heterocycles. The summed E-state index contributed by atoms with van der Waals surface area (Å²) in [6.45, 7) is 4.66. The highest BCUT2D eigenvalue weighted by Gasteiger charge is 2.23. The molecular weight excluding hydrogens is 356 g/mol. The van der Waals surface area contributed by atoms with Crippen LogP contribution in [0.2, 0.25) is 5.02 Å². The van der Waals surface area contributed by atoms with Crippen molar-refractivity contribution in [2.75, 3.05) is 11.4 Å². The maximum Gasteiger partial charge on any atom is 0.260 e. The largest absolute Gasteiger partial charge is 0.282 e. The van der Waals surface area contributed by atoms with E-state index in [9.17, 15) is 4.79 Å². The number of amides is 1. The monoisotopic (exact) mass is 372 g/mol. The van der Waals surface area contributed by atoms with Crippen molar-refractivity contribution in [2.45, 2.75) is 13.8 Å². The molecule has 0 aliphatic carbocycles. The zero-order chi connectivity index (χ0) is 17.8. The molecule has 1 aromatic carbocycles. The van der Waals surface area contributed by atoms with Gasteiger partial charge in [0.1, 0.15) is 0 Å². The first-order valence-corrected chi connectivity index (χ1v) is 9.05. The lowest BCUT2D eigenvalue weighted by Crippen LogP contribution is -2.34. The van der Waals surface area contributed by atoms with Crippen LogP contribution in [0, 0.1) is 5.92 Å². The van der Waals surface area contributed by atoms with Crippen molar-refractivity contribution in [3.8, 4) is 10.6 Å². The highest BCUT2D eigenvalue weighted by molar-refractivity contribution is 7.18. The molecule has 0 saturated heterocycles. The molecule has 0 atom stereocenters. The number of hydrogen-bond acceptors (Lipinski definition) is 5. The molecule has 7 heteroatoms. The third-order valence-corrected chi connectivity index (χ3v) is 4.65. The fourth-order valence-corrected chi connectivity index (χ4v) is 3.35. The summed E-state index contributed by atoms with van der Waals surface area (Å²) in [4.78, 5) is 18.7. The summed E-state index contributed by atoms with van der Waals surface area (Å²) in [6, 6.07) is 10.7. The average Bonchev–Trinajstić information content (AvgIpc) is 3.09. The van der Waals surface area contributed by atoms with E-state index in [-0.39, 0.29) is 11.8 Å². The summed E-state index contributed by atoms with van der Waals surface area (Å²) in [5.74, 6) is 0.152. The molecule has 0 N–H and O–H groups in total. The van der Waals surface area contributed by atoms with Crippen LogP contribution in [-0.4, -0.2) is 27.6 Å². The van der Waals surface area contributed by atoms with Gasteiger partial charge in [0.15, 0.2) is 5.01 Å². The molecule has 128 valence electrons. The van der Waals surface area contributed by atoms with Crippen LogP contribution >= 0.6 is 22.9 Å². The van der Waals surface area contributed by atoms with Crippen molar-refractivity contribution in [3.05, 3.63) is 59.4 Å². The van der Waals surface area contributed by atoms with Crippen LogP contribution in [0.1, 0.15) is 24.2 Å². The summed E-state index contributed by atoms with van der Waals surface area (Å²) < 4.78 is 0. The minimum atomic E-state index is -0.134. The fourth-order valence-electron chi connectivity index (χ4n) is 2.32. The topological polar surface area (TPSA) is 59.0 Å². The standard InChI is InChI=1S/C18H17ClN4OS/c1-12(2)11-23(17(24)13-5-3-7-15(19)9-13)18-22-21-16(25-18)14-6-4-8-20-10-14/h3-10,12H,11H2,1-2H3. The maximum absolute atomic E-state index is 13.0. The number of rotatable bonds is 5. The number of hydrogen-bond donors (Lipinski definition) is 0. The highest BCUT2D eigenvalue weighted by atomic mass is 35.5.